The van der Waals surface area contributed by atoms with Gasteiger partial charge in [0.15, 0.2) is 11.6 Å². The van der Waals surface area contributed by atoms with Gasteiger partial charge in [-0.2, -0.15) is 0 Å². The number of benzene rings is 1. The molecule has 1 heterocycles. The van der Waals surface area contributed by atoms with Gasteiger partial charge in [-0.05, 0) is 24.6 Å². The molecule has 5 heteroatoms. The fourth-order valence-electron chi connectivity index (χ4n) is 1.51. The first kappa shape index (κ1) is 10.7. The van der Waals surface area contributed by atoms with Crippen LogP contribution in [-0.2, 0) is 4.79 Å². The summed E-state index contributed by atoms with van der Waals surface area (Å²) in [7, 11) is 0. The standard InChI is InChI=1S/C11H10F2N2O/c1-2-9-11(16)15-10(14-9)6-3-4-7(12)8(13)5-6/h3-5,9H,2H2,1H3,(H,14,15,16). The number of aliphatic imine (C=N–C) groups is 1. The lowest BCUT2D eigenvalue weighted by molar-refractivity contribution is -0.120. The molecule has 0 radical (unpaired) electrons. The Morgan fingerprint density at radius 3 is 2.69 bits per heavy atom. The molecule has 2 rings (SSSR count). The van der Waals surface area contributed by atoms with Crippen molar-refractivity contribution in [1.82, 2.24) is 5.32 Å². The fourth-order valence-corrected chi connectivity index (χ4v) is 1.51. The van der Waals surface area contributed by atoms with Crippen molar-refractivity contribution in [2.24, 2.45) is 4.99 Å². The zero-order valence-corrected chi connectivity index (χ0v) is 8.63. The van der Waals surface area contributed by atoms with Gasteiger partial charge in [-0.15, -0.1) is 0 Å². The van der Waals surface area contributed by atoms with Crippen LogP contribution in [0.5, 0.6) is 0 Å². The van der Waals surface area contributed by atoms with Gasteiger partial charge in [0.1, 0.15) is 11.9 Å². The van der Waals surface area contributed by atoms with E-state index < -0.39 is 17.7 Å². The highest BCUT2D eigenvalue weighted by Crippen LogP contribution is 2.13. The Morgan fingerprint density at radius 2 is 2.12 bits per heavy atom. The van der Waals surface area contributed by atoms with Crippen LogP contribution in [0.25, 0.3) is 0 Å². The molecule has 0 saturated carbocycles. The number of rotatable bonds is 2. The van der Waals surface area contributed by atoms with E-state index in [0.29, 0.717) is 17.8 Å². The van der Waals surface area contributed by atoms with Crippen molar-refractivity contribution in [3.63, 3.8) is 0 Å². The van der Waals surface area contributed by atoms with E-state index in [0.717, 1.165) is 12.1 Å². The molecule has 1 aliphatic heterocycles. The molecule has 1 aromatic carbocycles. The molecule has 0 bridgehead atoms. The highest BCUT2D eigenvalue weighted by Gasteiger charge is 2.25. The molecular weight excluding hydrogens is 214 g/mol. The summed E-state index contributed by atoms with van der Waals surface area (Å²) in [6.07, 6.45) is 0.582. The van der Waals surface area contributed by atoms with Crippen LogP contribution in [0.4, 0.5) is 8.78 Å². The second kappa shape index (κ2) is 4.00. The first-order valence-electron chi connectivity index (χ1n) is 4.96. The van der Waals surface area contributed by atoms with Gasteiger partial charge in [0.05, 0.1) is 0 Å². The van der Waals surface area contributed by atoms with E-state index in [1.54, 1.807) is 0 Å². The van der Waals surface area contributed by atoms with Crippen molar-refractivity contribution in [3.05, 3.63) is 35.4 Å². The number of carbonyl (C=O) groups is 1. The number of hydrogen-bond acceptors (Lipinski definition) is 2. The van der Waals surface area contributed by atoms with Crippen LogP contribution in [0.15, 0.2) is 23.2 Å². The molecule has 3 nitrogen and oxygen atoms in total. The first-order chi connectivity index (χ1) is 7.61. The zero-order valence-electron chi connectivity index (χ0n) is 8.63. The van der Waals surface area contributed by atoms with Crippen LogP contribution in [0.3, 0.4) is 0 Å². The maximum Gasteiger partial charge on any atom is 0.250 e. The molecule has 1 aromatic rings. The number of carbonyl (C=O) groups excluding carboxylic acids is 1. The predicted molar refractivity (Wildman–Crippen MR) is 55.1 cm³/mol. The third kappa shape index (κ3) is 1.80. The largest absolute Gasteiger partial charge is 0.309 e. The van der Waals surface area contributed by atoms with E-state index in [9.17, 15) is 13.6 Å². The van der Waals surface area contributed by atoms with E-state index in [-0.39, 0.29) is 5.91 Å². The van der Waals surface area contributed by atoms with Crippen molar-refractivity contribution < 1.29 is 13.6 Å². The van der Waals surface area contributed by atoms with E-state index in [1.165, 1.54) is 6.07 Å². The molecule has 1 aliphatic rings. The zero-order chi connectivity index (χ0) is 11.7. The summed E-state index contributed by atoms with van der Waals surface area (Å²) in [5.41, 5.74) is 0.378. The minimum Gasteiger partial charge on any atom is -0.309 e. The van der Waals surface area contributed by atoms with E-state index in [1.807, 2.05) is 6.92 Å². The average molecular weight is 224 g/mol. The van der Waals surface area contributed by atoms with E-state index >= 15 is 0 Å². The maximum absolute atomic E-state index is 13.0. The quantitative estimate of drug-likeness (QED) is 0.814. The number of halogens is 2. The van der Waals surface area contributed by atoms with E-state index in [4.69, 9.17) is 0 Å². The third-order valence-electron chi connectivity index (χ3n) is 2.41. The Kier molecular flexibility index (Phi) is 2.68. The first-order valence-corrected chi connectivity index (χ1v) is 4.96. The molecule has 16 heavy (non-hydrogen) atoms. The summed E-state index contributed by atoms with van der Waals surface area (Å²) in [4.78, 5) is 15.4. The SMILES string of the molecule is CCC1N=C(c2ccc(F)c(F)c2)NC1=O. The second-order valence-electron chi connectivity index (χ2n) is 3.52. The van der Waals surface area contributed by atoms with Gasteiger partial charge in [0.25, 0.3) is 0 Å². The second-order valence-corrected chi connectivity index (χ2v) is 3.52. The third-order valence-corrected chi connectivity index (χ3v) is 2.41. The fraction of sp³-hybridized carbons (Fsp3) is 0.273. The maximum atomic E-state index is 13.0. The van der Waals surface area contributed by atoms with Gasteiger partial charge in [-0.3, -0.25) is 9.79 Å². The van der Waals surface area contributed by atoms with Gasteiger partial charge < -0.3 is 5.32 Å². The van der Waals surface area contributed by atoms with Crippen LogP contribution in [0.1, 0.15) is 18.9 Å². The molecule has 0 spiro atoms. The summed E-state index contributed by atoms with van der Waals surface area (Å²) in [5, 5.41) is 2.54. The number of nitrogens with zero attached hydrogens (tertiary/aromatic N) is 1. The van der Waals surface area contributed by atoms with Crippen molar-refractivity contribution in [3.8, 4) is 0 Å². The Labute approximate surface area is 91.2 Å². The minimum atomic E-state index is -0.950. The highest BCUT2D eigenvalue weighted by atomic mass is 19.2. The Hall–Kier alpha value is -1.78. The smallest absolute Gasteiger partial charge is 0.250 e. The summed E-state index contributed by atoms with van der Waals surface area (Å²) in [6.45, 7) is 1.84. The molecule has 0 aliphatic carbocycles. The van der Waals surface area contributed by atoms with Crippen LogP contribution >= 0.6 is 0 Å². The Balaban J connectivity index is 2.32. The molecule has 0 saturated heterocycles. The molecule has 1 amide bonds. The van der Waals surface area contributed by atoms with Crippen molar-refractivity contribution in [2.75, 3.05) is 0 Å². The van der Waals surface area contributed by atoms with Crippen LogP contribution in [0.2, 0.25) is 0 Å². The van der Waals surface area contributed by atoms with Gasteiger partial charge in [0, 0.05) is 5.56 Å². The number of nitrogens with one attached hydrogen (secondary N) is 1. The summed E-state index contributed by atoms with van der Waals surface area (Å²) >= 11 is 0. The normalized spacial score (nSPS) is 19.6. The highest BCUT2D eigenvalue weighted by molar-refractivity contribution is 6.13. The summed E-state index contributed by atoms with van der Waals surface area (Å²) in [6, 6.07) is 2.99. The van der Waals surface area contributed by atoms with Crippen molar-refractivity contribution in [1.29, 1.82) is 0 Å². The lowest BCUT2D eigenvalue weighted by atomic mass is 10.2. The van der Waals surface area contributed by atoms with Gasteiger partial charge in [-0.1, -0.05) is 6.92 Å². The summed E-state index contributed by atoms with van der Waals surface area (Å²) in [5.74, 6) is -1.77. The topological polar surface area (TPSA) is 41.5 Å². The summed E-state index contributed by atoms with van der Waals surface area (Å²) < 4.78 is 25.7. The molecule has 1 atom stereocenters. The minimum absolute atomic E-state index is 0.206. The molecular formula is C11H10F2N2O. The van der Waals surface area contributed by atoms with Crippen molar-refractivity contribution >= 4 is 11.7 Å². The van der Waals surface area contributed by atoms with Crippen LogP contribution in [-0.4, -0.2) is 17.8 Å². The van der Waals surface area contributed by atoms with Gasteiger partial charge >= 0.3 is 0 Å². The average Bonchev–Trinajstić information content (AvgIpc) is 2.64. The van der Waals surface area contributed by atoms with Gasteiger partial charge in [-0.25, -0.2) is 8.78 Å². The predicted octanol–water partition coefficient (Wildman–Crippen LogP) is 1.62. The molecule has 1 unspecified atom stereocenters. The van der Waals surface area contributed by atoms with E-state index in [2.05, 4.69) is 10.3 Å². The lowest BCUT2D eigenvalue weighted by Gasteiger charge is -2.01. The number of amides is 1. The molecule has 0 aromatic heterocycles. The number of hydrogen-bond donors (Lipinski definition) is 1. The molecule has 84 valence electrons. The van der Waals surface area contributed by atoms with Gasteiger partial charge in [0.2, 0.25) is 5.91 Å². The number of amidine groups is 1. The monoisotopic (exact) mass is 224 g/mol. The van der Waals surface area contributed by atoms with Crippen molar-refractivity contribution in [2.45, 2.75) is 19.4 Å². The lowest BCUT2D eigenvalue weighted by Crippen LogP contribution is -2.28. The Morgan fingerprint density at radius 1 is 1.38 bits per heavy atom. The molecule has 0 fully saturated rings. The van der Waals surface area contributed by atoms with Crippen LogP contribution in [0, 0.1) is 11.6 Å². The molecule has 1 N–H and O–H groups in total. The van der Waals surface area contributed by atoms with Crippen LogP contribution < -0.4 is 5.32 Å². The Bertz CT molecular complexity index is 471.